The van der Waals surface area contributed by atoms with Crippen LogP contribution >= 0.6 is 0 Å². The van der Waals surface area contributed by atoms with Gasteiger partial charge in [-0.15, -0.1) is 0 Å². The SMILES string of the molecule is CCc1nn(C)cc1C(O)Cc1ccco1. The summed E-state index contributed by atoms with van der Waals surface area (Å²) in [6.45, 7) is 2.03. The van der Waals surface area contributed by atoms with Crippen LogP contribution in [0.4, 0.5) is 0 Å². The molecule has 1 N–H and O–H groups in total. The minimum atomic E-state index is -0.546. The van der Waals surface area contributed by atoms with Crippen molar-refractivity contribution in [1.82, 2.24) is 9.78 Å². The lowest BCUT2D eigenvalue weighted by molar-refractivity contribution is 0.169. The van der Waals surface area contributed by atoms with Crippen LogP contribution in [0.25, 0.3) is 0 Å². The summed E-state index contributed by atoms with van der Waals surface area (Å²) in [5.74, 6) is 0.790. The van der Waals surface area contributed by atoms with Gasteiger partial charge in [-0.25, -0.2) is 0 Å². The first-order chi connectivity index (χ1) is 7.70. The molecule has 4 nitrogen and oxygen atoms in total. The molecular formula is C12H16N2O2. The fraction of sp³-hybridized carbons (Fsp3) is 0.417. The van der Waals surface area contributed by atoms with Gasteiger partial charge < -0.3 is 9.52 Å². The molecule has 0 aliphatic heterocycles. The fourth-order valence-corrected chi connectivity index (χ4v) is 1.84. The number of aryl methyl sites for hydroxylation is 2. The Bertz CT molecular complexity index is 446. The maximum Gasteiger partial charge on any atom is 0.106 e. The predicted molar refractivity (Wildman–Crippen MR) is 60.0 cm³/mol. The number of hydrogen-bond donors (Lipinski definition) is 1. The van der Waals surface area contributed by atoms with Crippen LogP contribution in [0.15, 0.2) is 29.0 Å². The molecule has 1 atom stereocenters. The van der Waals surface area contributed by atoms with Crippen molar-refractivity contribution in [3.8, 4) is 0 Å². The van der Waals surface area contributed by atoms with Gasteiger partial charge in [0.05, 0.1) is 18.1 Å². The topological polar surface area (TPSA) is 51.2 Å². The molecule has 16 heavy (non-hydrogen) atoms. The van der Waals surface area contributed by atoms with E-state index in [9.17, 15) is 5.11 Å². The van der Waals surface area contributed by atoms with Crippen molar-refractivity contribution in [3.05, 3.63) is 41.6 Å². The Hall–Kier alpha value is -1.55. The molecule has 1 unspecified atom stereocenters. The van der Waals surface area contributed by atoms with Crippen molar-refractivity contribution in [1.29, 1.82) is 0 Å². The second-order valence-electron chi connectivity index (χ2n) is 3.86. The number of aliphatic hydroxyl groups excluding tert-OH is 1. The molecule has 0 saturated carbocycles. The molecule has 0 spiro atoms. The van der Waals surface area contributed by atoms with Gasteiger partial charge in [-0.2, -0.15) is 5.10 Å². The minimum absolute atomic E-state index is 0.492. The third-order valence-corrected chi connectivity index (χ3v) is 2.61. The molecule has 0 amide bonds. The molecule has 0 fully saturated rings. The molecule has 2 aromatic heterocycles. The Morgan fingerprint density at radius 3 is 3.00 bits per heavy atom. The van der Waals surface area contributed by atoms with Gasteiger partial charge in [-0.1, -0.05) is 6.92 Å². The smallest absolute Gasteiger partial charge is 0.106 e. The summed E-state index contributed by atoms with van der Waals surface area (Å²) >= 11 is 0. The maximum absolute atomic E-state index is 10.1. The van der Waals surface area contributed by atoms with Crippen LogP contribution in [0, 0.1) is 0 Å². The maximum atomic E-state index is 10.1. The summed E-state index contributed by atoms with van der Waals surface area (Å²) in [4.78, 5) is 0. The lowest BCUT2D eigenvalue weighted by Crippen LogP contribution is -2.02. The van der Waals surface area contributed by atoms with E-state index in [0.717, 1.165) is 23.4 Å². The predicted octanol–water partition coefficient (Wildman–Crippen LogP) is 1.85. The molecule has 0 aliphatic carbocycles. The Kier molecular flexibility index (Phi) is 3.10. The highest BCUT2D eigenvalue weighted by molar-refractivity contribution is 5.21. The summed E-state index contributed by atoms with van der Waals surface area (Å²) in [6.07, 6.45) is 4.25. The summed E-state index contributed by atoms with van der Waals surface area (Å²) in [7, 11) is 1.86. The van der Waals surface area contributed by atoms with Gasteiger partial charge in [0.1, 0.15) is 5.76 Å². The summed E-state index contributed by atoms with van der Waals surface area (Å²) < 4.78 is 6.95. The lowest BCUT2D eigenvalue weighted by Gasteiger charge is -2.07. The van der Waals surface area contributed by atoms with Crippen LogP contribution in [0.5, 0.6) is 0 Å². The molecule has 86 valence electrons. The van der Waals surface area contributed by atoms with Gasteiger partial charge in [0.15, 0.2) is 0 Å². The van der Waals surface area contributed by atoms with E-state index in [4.69, 9.17) is 4.42 Å². The largest absolute Gasteiger partial charge is 0.469 e. The highest BCUT2D eigenvalue weighted by atomic mass is 16.3. The molecular weight excluding hydrogens is 204 g/mol. The second-order valence-corrected chi connectivity index (χ2v) is 3.86. The number of aliphatic hydroxyl groups is 1. The van der Waals surface area contributed by atoms with E-state index in [0.29, 0.717) is 6.42 Å². The normalized spacial score (nSPS) is 12.9. The van der Waals surface area contributed by atoms with Crippen LogP contribution in [0.3, 0.4) is 0 Å². The fourth-order valence-electron chi connectivity index (χ4n) is 1.84. The van der Waals surface area contributed by atoms with E-state index in [1.807, 2.05) is 32.3 Å². The van der Waals surface area contributed by atoms with Crippen molar-refractivity contribution in [2.24, 2.45) is 7.05 Å². The summed E-state index contributed by atoms with van der Waals surface area (Å²) in [6, 6.07) is 3.69. The van der Waals surface area contributed by atoms with Crippen molar-refractivity contribution in [3.63, 3.8) is 0 Å². The summed E-state index contributed by atoms with van der Waals surface area (Å²) in [5.41, 5.74) is 1.84. The van der Waals surface area contributed by atoms with Gasteiger partial charge in [-0.05, 0) is 18.6 Å². The number of aromatic nitrogens is 2. The Labute approximate surface area is 94.5 Å². The zero-order valence-corrected chi connectivity index (χ0v) is 9.55. The molecule has 0 bridgehead atoms. The summed E-state index contributed by atoms with van der Waals surface area (Å²) in [5, 5.41) is 14.4. The average molecular weight is 220 g/mol. The van der Waals surface area contributed by atoms with Crippen LogP contribution in [0.1, 0.15) is 30.0 Å². The lowest BCUT2D eigenvalue weighted by atomic mass is 10.1. The van der Waals surface area contributed by atoms with Gasteiger partial charge in [-0.3, -0.25) is 4.68 Å². The highest BCUT2D eigenvalue weighted by Gasteiger charge is 2.16. The van der Waals surface area contributed by atoms with Gasteiger partial charge >= 0.3 is 0 Å². The van der Waals surface area contributed by atoms with E-state index in [2.05, 4.69) is 5.10 Å². The molecule has 2 rings (SSSR count). The zero-order valence-electron chi connectivity index (χ0n) is 9.55. The minimum Gasteiger partial charge on any atom is -0.469 e. The number of hydrogen-bond acceptors (Lipinski definition) is 3. The van der Waals surface area contributed by atoms with E-state index in [-0.39, 0.29) is 0 Å². The molecule has 0 radical (unpaired) electrons. The number of nitrogens with zero attached hydrogens (tertiary/aromatic N) is 2. The molecule has 0 aliphatic rings. The first kappa shape index (κ1) is 11.0. The first-order valence-corrected chi connectivity index (χ1v) is 5.43. The number of rotatable bonds is 4. The molecule has 2 aromatic rings. The van der Waals surface area contributed by atoms with Crippen LogP contribution in [-0.2, 0) is 19.9 Å². The monoisotopic (exact) mass is 220 g/mol. The second kappa shape index (κ2) is 4.53. The highest BCUT2D eigenvalue weighted by Crippen LogP contribution is 2.21. The first-order valence-electron chi connectivity index (χ1n) is 5.43. The van der Waals surface area contributed by atoms with Gasteiger partial charge in [0.25, 0.3) is 0 Å². The average Bonchev–Trinajstić information content (AvgIpc) is 2.86. The van der Waals surface area contributed by atoms with Gasteiger partial charge in [0, 0.05) is 25.2 Å². The third-order valence-electron chi connectivity index (χ3n) is 2.61. The Morgan fingerprint density at radius 1 is 1.56 bits per heavy atom. The van der Waals surface area contributed by atoms with Crippen molar-refractivity contribution in [2.45, 2.75) is 25.9 Å². The molecule has 0 saturated heterocycles. The van der Waals surface area contributed by atoms with Crippen LogP contribution in [0.2, 0.25) is 0 Å². The van der Waals surface area contributed by atoms with E-state index in [1.54, 1.807) is 10.9 Å². The quantitative estimate of drug-likeness (QED) is 0.855. The van der Waals surface area contributed by atoms with Gasteiger partial charge in [0.2, 0.25) is 0 Å². The molecule has 4 heteroatoms. The van der Waals surface area contributed by atoms with Crippen LogP contribution < -0.4 is 0 Å². The van der Waals surface area contributed by atoms with Crippen molar-refractivity contribution in [2.75, 3.05) is 0 Å². The molecule has 2 heterocycles. The third kappa shape index (κ3) is 2.17. The van der Waals surface area contributed by atoms with E-state index >= 15 is 0 Å². The zero-order chi connectivity index (χ0) is 11.5. The van der Waals surface area contributed by atoms with Crippen molar-refractivity contribution < 1.29 is 9.52 Å². The number of furan rings is 1. The van der Waals surface area contributed by atoms with E-state index in [1.165, 1.54) is 0 Å². The molecule has 0 aromatic carbocycles. The Balaban J connectivity index is 2.16. The van der Waals surface area contributed by atoms with Crippen LogP contribution in [-0.4, -0.2) is 14.9 Å². The van der Waals surface area contributed by atoms with Crippen molar-refractivity contribution >= 4 is 0 Å². The van der Waals surface area contributed by atoms with E-state index < -0.39 is 6.10 Å². The Morgan fingerprint density at radius 2 is 2.38 bits per heavy atom. The standard InChI is InChI=1S/C12H16N2O2/c1-3-11-10(8-14(2)13-11)12(15)7-9-5-4-6-16-9/h4-6,8,12,15H,3,7H2,1-2H3.